The standard InChI is InChI=1S/C25H17ClN2O5/c1-14-6-11-20-18(12-14)23(29)21-22(15-7-9-17(10-8-15)28(31)32)27(25(30)24(21)33-20)13-16-4-2-3-5-19(16)26/h2-12,22H,13H2,1H3. The number of carbonyl (C=O) groups excluding carboxylic acids is 1. The van der Waals surface area contributed by atoms with Crippen molar-refractivity contribution < 1.29 is 14.1 Å². The van der Waals surface area contributed by atoms with Gasteiger partial charge in [-0.2, -0.15) is 0 Å². The number of benzene rings is 3. The van der Waals surface area contributed by atoms with Crippen molar-refractivity contribution >= 4 is 34.2 Å². The molecule has 0 radical (unpaired) electrons. The van der Waals surface area contributed by atoms with Gasteiger partial charge in [0.25, 0.3) is 11.6 Å². The van der Waals surface area contributed by atoms with Crippen molar-refractivity contribution in [2.45, 2.75) is 19.5 Å². The summed E-state index contributed by atoms with van der Waals surface area (Å²) in [5, 5.41) is 12.0. The molecule has 0 aliphatic carbocycles. The number of nitro groups is 1. The third kappa shape index (κ3) is 3.47. The van der Waals surface area contributed by atoms with Gasteiger partial charge in [0.05, 0.1) is 21.9 Å². The smallest absolute Gasteiger partial charge is 0.291 e. The van der Waals surface area contributed by atoms with Gasteiger partial charge in [0.2, 0.25) is 5.76 Å². The Labute approximate surface area is 193 Å². The number of carbonyl (C=O) groups is 1. The van der Waals surface area contributed by atoms with Crippen LogP contribution in [-0.4, -0.2) is 15.7 Å². The van der Waals surface area contributed by atoms with Crippen molar-refractivity contribution in [1.29, 1.82) is 0 Å². The van der Waals surface area contributed by atoms with Crippen LogP contribution in [0.3, 0.4) is 0 Å². The topological polar surface area (TPSA) is 93.7 Å². The van der Waals surface area contributed by atoms with E-state index in [0.29, 0.717) is 27.1 Å². The second kappa shape index (κ2) is 7.86. The van der Waals surface area contributed by atoms with Crippen LogP contribution in [-0.2, 0) is 6.54 Å². The van der Waals surface area contributed by atoms with Crippen LogP contribution in [0.4, 0.5) is 5.69 Å². The van der Waals surface area contributed by atoms with Gasteiger partial charge in [-0.3, -0.25) is 19.7 Å². The molecule has 0 bridgehead atoms. The highest BCUT2D eigenvalue weighted by atomic mass is 35.5. The summed E-state index contributed by atoms with van der Waals surface area (Å²) in [5.41, 5.74) is 2.34. The van der Waals surface area contributed by atoms with Crippen LogP contribution in [0.25, 0.3) is 11.0 Å². The molecular formula is C25H17ClN2O5. The van der Waals surface area contributed by atoms with E-state index in [1.165, 1.54) is 17.0 Å². The maximum absolute atomic E-state index is 13.6. The lowest BCUT2D eigenvalue weighted by molar-refractivity contribution is -0.384. The van der Waals surface area contributed by atoms with E-state index in [-0.39, 0.29) is 29.0 Å². The number of hydrogen-bond acceptors (Lipinski definition) is 5. The zero-order chi connectivity index (χ0) is 23.3. The largest absolute Gasteiger partial charge is 0.450 e. The Hall–Kier alpha value is -3.97. The predicted octanol–water partition coefficient (Wildman–Crippen LogP) is 5.41. The van der Waals surface area contributed by atoms with E-state index < -0.39 is 16.9 Å². The van der Waals surface area contributed by atoms with Crippen LogP contribution in [0, 0.1) is 17.0 Å². The third-order valence-electron chi connectivity index (χ3n) is 5.84. The Bertz CT molecular complexity index is 1490. The Morgan fingerprint density at radius 3 is 2.48 bits per heavy atom. The molecule has 33 heavy (non-hydrogen) atoms. The summed E-state index contributed by atoms with van der Waals surface area (Å²) in [6.45, 7) is 2.01. The molecule has 7 nitrogen and oxygen atoms in total. The van der Waals surface area contributed by atoms with Crippen molar-refractivity contribution in [3.63, 3.8) is 0 Å². The van der Waals surface area contributed by atoms with Crippen LogP contribution in [0.1, 0.15) is 38.9 Å². The zero-order valence-electron chi connectivity index (χ0n) is 17.4. The van der Waals surface area contributed by atoms with Crippen LogP contribution in [0.5, 0.6) is 0 Å². The molecule has 8 heteroatoms. The lowest BCUT2D eigenvalue weighted by Crippen LogP contribution is -2.29. The fourth-order valence-corrected chi connectivity index (χ4v) is 4.43. The lowest BCUT2D eigenvalue weighted by atomic mass is 9.97. The summed E-state index contributed by atoms with van der Waals surface area (Å²) in [6.07, 6.45) is 0. The summed E-state index contributed by atoms with van der Waals surface area (Å²) in [5.74, 6) is -0.459. The summed E-state index contributed by atoms with van der Waals surface area (Å²) in [7, 11) is 0. The van der Waals surface area contributed by atoms with Crippen LogP contribution >= 0.6 is 11.6 Å². The number of aryl methyl sites for hydroxylation is 1. The first-order valence-corrected chi connectivity index (χ1v) is 10.6. The van der Waals surface area contributed by atoms with E-state index in [1.807, 2.05) is 19.1 Å². The maximum atomic E-state index is 13.6. The minimum absolute atomic E-state index is 0.0215. The monoisotopic (exact) mass is 460 g/mol. The molecule has 1 aliphatic heterocycles. The molecule has 0 N–H and O–H groups in total. The van der Waals surface area contributed by atoms with E-state index >= 15 is 0 Å². The number of nitrogens with zero attached hydrogens (tertiary/aromatic N) is 2. The molecule has 1 aromatic heterocycles. The fraction of sp³-hybridized carbons (Fsp3) is 0.120. The first kappa shape index (κ1) is 20.9. The third-order valence-corrected chi connectivity index (χ3v) is 6.21. The van der Waals surface area contributed by atoms with Gasteiger partial charge in [-0.05, 0) is 48.4 Å². The van der Waals surface area contributed by atoms with Crippen LogP contribution < -0.4 is 5.43 Å². The predicted molar refractivity (Wildman–Crippen MR) is 123 cm³/mol. The van der Waals surface area contributed by atoms with E-state index in [4.69, 9.17) is 16.0 Å². The summed E-state index contributed by atoms with van der Waals surface area (Å²) < 4.78 is 5.93. The number of nitro benzene ring substituents is 1. The van der Waals surface area contributed by atoms with Crippen LogP contribution in [0.15, 0.2) is 75.9 Å². The molecule has 0 saturated heterocycles. The molecule has 164 valence electrons. The molecule has 3 aromatic carbocycles. The molecule has 1 unspecified atom stereocenters. The fourth-order valence-electron chi connectivity index (χ4n) is 4.23. The number of halogens is 1. The Kier molecular flexibility index (Phi) is 4.98. The van der Waals surface area contributed by atoms with Crippen molar-refractivity contribution in [3.05, 3.63) is 120 Å². The molecule has 1 amide bonds. The quantitative estimate of drug-likeness (QED) is 0.300. The molecule has 0 spiro atoms. The van der Waals surface area contributed by atoms with E-state index in [1.54, 1.807) is 42.5 Å². The number of fused-ring (bicyclic) bond motifs is 2. The average molecular weight is 461 g/mol. The minimum atomic E-state index is -0.772. The molecule has 5 rings (SSSR count). The lowest BCUT2D eigenvalue weighted by Gasteiger charge is -2.25. The van der Waals surface area contributed by atoms with E-state index in [9.17, 15) is 19.7 Å². The zero-order valence-corrected chi connectivity index (χ0v) is 18.2. The Morgan fingerprint density at radius 1 is 1.06 bits per heavy atom. The van der Waals surface area contributed by atoms with Gasteiger partial charge < -0.3 is 9.32 Å². The van der Waals surface area contributed by atoms with Crippen molar-refractivity contribution in [1.82, 2.24) is 4.90 Å². The van der Waals surface area contributed by atoms with E-state index in [0.717, 1.165) is 5.56 Å². The Balaban J connectivity index is 1.72. The number of non-ortho nitro benzene ring substituents is 1. The molecule has 2 heterocycles. The van der Waals surface area contributed by atoms with Gasteiger partial charge in [0.15, 0.2) is 5.43 Å². The highest BCUT2D eigenvalue weighted by Gasteiger charge is 2.43. The van der Waals surface area contributed by atoms with Gasteiger partial charge in [0.1, 0.15) is 5.58 Å². The Morgan fingerprint density at radius 2 is 1.79 bits per heavy atom. The first-order chi connectivity index (χ1) is 15.8. The second-order valence-electron chi connectivity index (χ2n) is 7.95. The SMILES string of the molecule is Cc1ccc2oc3c(c(=O)c2c1)C(c1ccc([N+](=O)[O-])cc1)N(Cc1ccccc1Cl)C3=O. The van der Waals surface area contributed by atoms with Crippen molar-refractivity contribution in [3.8, 4) is 0 Å². The number of rotatable bonds is 4. The van der Waals surface area contributed by atoms with Crippen LogP contribution in [0.2, 0.25) is 5.02 Å². The first-order valence-electron chi connectivity index (χ1n) is 10.2. The van der Waals surface area contributed by atoms with Crippen molar-refractivity contribution in [2.24, 2.45) is 0 Å². The van der Waals surface area contributed by atoms with Gasteiger partial charge in [-0.1, -0.05) is 41.4 Å². The molecule has 1 aliphatic rings. The molecular weight excluding hydrogens is 444 g/mol. The van der Waals surface area contributed by atoms with Gasteiger partial charge in [0, 0.05) is 23.7 Å². The van der Waals surface area contributed by atoms with Crippen molar-refractivity contribution in [2.75, 3.05) is 0 Å². The highest BCUT2D eigenvalue weighted by Crippen LogP contribution is 2.40. The molecule has 1 atom stereocenters. The summed E-state index contributed by atoms with van der Waals surface area (Å²) in [6, 6.07) is 17.4. The molecule has 0 saturated carbocycles. The highest BCUT2D eigenvalue weighted by molar-refractivity contribution is 6.31. The average Bonchev–Trinajstić information content (AvgIpc) is 3.08. The second-order valence-corrected chi connectivity index (χ2v) is 8.36. The molecule has 0 fully saturated rings. The van der Waals surface area contributed by atoms with E-state index in [2.05, 4.69) is 0 Å². The number of amides is 1. The van der Waals surface area contributed by atoms with Gasteiger partial charge in [-0.15, -0.1) is 0 Å². The molecule has 4 aromatic rings. The van der Waals surface area contributed by atoms with Gasteiger partial charge >= 0.3 is 0 Å². The maximum Gasteiger partial charge on any atom is 0.291 e. The normalized spacial score (nSPS) is 15.2. The number of hydrogen-bond donors (Lipinski definition) is 0. The van der Waals surface area contributed by atoms with Gasteiger partial charge in [-0.25, -0.2) is 0 Å². The summed E-state index contributed by atoms with van der Waals surface area (Å²) in [4.78, 5) is 39.2. The minimum Gasteiger partial charge on any atom is -0.450 e. The summed E-state index contributed by atoms with van der Waals surface area (Å²) >= 11 is 6.35.